The van der Waals surface area contributed by atoms with Crippen LogP contribution in [0.5, 0.6) is 5.75 Å². The van der Waals surface area contributed by atoms with Gasteiger partial charge in [-0.15, -0.1) is 0 Å². The average molecular weight is 362 g/mol. The first-order chi connectivity index (χ1) is 13.2. The standard InChI is InChI=1S/C21H22N4O2/c1-3-27-19-12-8-7-11-17(19)25-20-14-22-18(13-23-20)21(26)24-15(2)16-9-5-4-6-10-16/h4-15H,3H2,1-2H3,(H,23,25)(H,24,26). The van der Waals surface area contributed by atoms with Crippen LogP contribution in [0.1, 0.15) is 35.9 Å². The summed E-state index contributed by atoms with van der Waals surface area (Å²) in [7, 11) is 0. The zero-order valence-electron chi connectivity index (χ0n) is 15.3. The van der Waals surface area contributed by atoms with E-state index in [1.807, 2.05) is 68.4 Å². The number of hydrogen-bond acceptors (Lipinski definition) is 5. The Labute approximate surface area is 158 Å². The highest BCUT2D eigenvalue weighted by Crippen LogP contribution is 2.26. The Morgan fingerprint density at radius 2 is 1.78 bits per heavy atom. The summed E-state index contributed by atoms with van der Waals surface area (Å²) in [5.41, 5.74) is 2.09. The third-order valence-electron chi connectivity index (χ3n) is 3.98. The number of amides is 1. The van der Waals surface area contributed by atoms with Crippen molar-refractivity contribution in [1.82, 2.24) is 15.3 Å². The second-order valence-corrected chi connectivity index (χ2v) is 5.95. The first-order valence-corrected chi connectivity index (χ1v) is 8.84. The van der Waals surface area contributed by atoms with E-state index in [4.69, 9.17) is 4.74 Å². The summed E-state index contributed by atoms with van der Waals surface area (Å²) in [5, 5.41) is 6.09. The van der Waals surface area contributed by atoms with E-state index >= 15 is 0 Å². The van der Waals surface area contributed by atoms with E-state index in [-0.39, 0.29) is 17.6 Å². The van der Waals surface area contributed by atoms with Crippen LogP contribution in [0.15, 0.2) is 67.0 Å². The Morgan fingerprint density at radius 1 is 1.04 bits per heavy atom. The maximum Gasteiger partial charge on any atom is 0.271 e. The molecule has 0 saturated heterocycles. The molecule has 0 saturated carbocycles. The largest absolute Gasteiger partial charge is 0.492 e. The molecular formula is C21H22N4O2. The van der Waals surface area contributed by atoms with E-state index in [9.17, 15) is 4.79 Å². The van der Waals surface area contributed by atoms with Crippen molar-refractivity contribution in [3.8, 4) is 5.75 Å². The number of carbonyl (C=O) groups excluding carboxylic acids is 1. The van der Waals surface area contributed by atoms with Crippen molar-refractivity contribution < 1.29 is 9.53 Å². The van der Waals surface area contributed by atoms with Crippen molar-refractivity contribution in [3.63, 3.8) is 0 Å². The SMILES string of the molecule is CCOc1ccccc1Nc1cnc(C(=O)NC(C)c2ccccc2)cn1. The van der Waals surface area contributed by atoms with E-state index in [1.165, 1.54) is 12.4 Å². The maximum absolute atomic E-state index is 12.4. The molecule has 2 N–H and O–H groups in total. The highest BCUT2D eigenvalue weighted by molar-refractivity contribution is 5.92. The molecule has 6 heteroatoms. The normalized spacial score (nSPS) is 11.5. The van der Waals surface area contributed by atoms with Gasteiger partial charge in [0.05, 0.1) is 30.7 Å². The van der Waals surface area contributed by atoms with Crippen LogP contribution >= 0.6 is 0 Å². The highest BCUT2D eigenvalue weighted by atomic mass is 16.5. The molecular weight excluding hydrogens is 340 g/mol. The van der Waals surface area contributed by atoms with Gasteiger partial charge in [0, 0.05) is 0 Å². The van der Waals surface area contributed by atoms with Crippen molar-refractivity contribution in [3.05, 3.63) is 78.2 Å². The number of nitrogens with one attached hydrogen (secondary N) is 2. The summed E-state index contributed by atoms with van der Waals surface area (Å²) in [6, 6.07) is 17.3. The number of nitrogens with zero attached hydrogens (tertiary/aromatic N) is 2. The van der Waals surface area contributed by atoms with Crippen molar-refractivity contribution in [1.29, 1.82) is 0 Å². The Kier molecular flexibility index (Phi) is 5.99. The molecule has 6 nitrogen and oxygen atoms in total. The van der Waals surface area contributed by atoms with Gasteiger partial charge in [-0.1, -0.05) is 42.5 Å². The highest BCUT2D eigenvalue weighted by Gasteiger charge is 2.13. The van der Waals surface area contributed by atoms with Gasteiger partial charge in [-0.05, 0) is 31.5 Å². The second kappa shape index (κ2) is 8.80. The fourth-order valence-corrected chi connectivity index (χ4v) is 2.59. The van der Waals surface area contributed by atoms with Gasteiger partial charge in [-0.2, -0.15) is 0 Å². The molecule has 1 unspecified atom stereocenters. The number of ether oxygens (including phenoxy) is 1. The van der Waals surface area contributed by atoms with Crippen LogP contribution in [0.2, 0.25) is 0 Å². The molecule has 1 atom stereocenters. The van der Waals surface area contributed by atoms with Crippen LogP contribution in [0, 0.1) is 0 Å². The summed E-state index contributed by atoms with van der Waals surface area (Å²) in [5.74, 6) is 1.01. The Bertz CT molecular complexity index is 882. The zero-order valence-corrected chi connectivity index (χ0v) is 15.3. The van der Waals surface area contributed by atoms with Gasteiger partial charge >= 0.3 is 0 Å². The molecule has 0 bridgehead atoms. The molecule has 3 aromatic rings. The fourth-order valence-electron chi connectivity index (χ4n) is 2.59. The monoisotopic (exact) mass is 362 g/mol. The summed E-state index contributed by atoms with van der Waals surface area (Å²) in [4.78, 5) is 20.9. The third kappa shape index (κ3) is 4.82. The fraction of sp³-hybridized carbons (Fsp3) is 0.190. The molecule has 0 spiro atoms. The van der Waals surface area contributed by atoms with Gasteiger partial charge in [0.1, 0.15) is 17.3 Å². The van der Waals surface area contributed by atoms with Gasteiger partial charge in [0.2, 0.25) is 0 Å². The van der Waals surface area contributed by atoms with Crippen molar-refractivity contribution in [2.24, 2.45) is 0 Å². The quantitative estimate of drug-likeness (QED) is 0.661. The predicted octanol–water partition coefficient (Wildman–Crippen LogP) is 4.11. The second-order valence-electron chi connectivity index (χ2n) is 5.95. The molecule has 3 rings (SSSR count). The van der Waals surface area contributed by atoms with E-state index in [1.54, 1.807) is 0 Å². The minimum Gasteiger partial charge on any atom is -0.492 e. The zero-order chi connectivity index (χ0) is 19.1. The number of rotatable bonds is 7. The number of para-hydroxylation sites is 2. The van der Waals surface area contributed by atoms with Crippen molar-refractivity contribution >= 4 is 17.4 Å². The van der Waals surface area contributed by atoms with Gasteiger partial charge in [-0.3, -0.25) is 4.79 Å². The molecule has 0 aliphatic rings. The minimum absolute atomic E-state index is 0.114. The van der Waals surface area contributed by atoms with Crippen LogP contribution in [-0.4, -0.2) is 22.5 Å². The summed E-state index contributed by atoms with van der Waals surface area (Å²) in [6.07, 6.45) is 2.99. The summed E-state index contributed by atoms with van der Waals surface area (Å²) in [6.45, 7) is 4.44. The average Bonchev–Trinajstić information content (AvgIpc) is 2.71. The van der Waals surface area contributed by atoms with Crippen LogP contribution in [-0.2, 0) is 0 Å². The molecule has 1 heterocycles. The van der Waals surface area contributed by atoms with Gasteiger partial charge in [-0.25, -0.2) is 9.97 Å². The number of carbonyl (C=O) groups is 1. The number of aromatic nitrogens is 2. The van der Waals surface area contributed by atoms with E-state index in [0.29, 0.717) is 12.4 Å². The van der Waals surface area contributed by atoms with Crippen LogP contribution in [0.25, 0.3) is 0 Å². The molecule has 27 heavy (non-hydrogen) atoms. The number of benzene rings is 2. The minimum atomic E-state index is -0.264. The van der Waals surface area contributed by atoms with Gasteiger partial charge in [0.15, 0.2) is 0 Å². The van der Waals surface area contributed by atoms with Crippen LogP contribution in [0.4, 0.5) is 11.5 Å². The van der Waals surface area contributed by atoms with Crippen LogP contribution < -0.4 is 15.4 Å². The Morgan fingerprint density at radius 3 is 2.48 bits per heavy atom. The first-order valence-electron chi connectivity index (χ1n) is 8.84. The summed E-state index contributed by atoms with van der Waals surface area (Å²) < 4.78 is 5.58. The first kappa shape index (κ1) is 18.4. The lowest BCUT2D eigenvalue weighted by Crippen LogP contribution is -2.27. The molecule has 0 aliphatic heterocycles. The lowest BCUT2D eigenvalue weighted by atomic mass is 10.1. The van der Waals surface area contributed by atoms with E-state index in [2.05, 4.69) is 20.6 Å². The molecule has 0 aliphatic carbocycles. The van der Waals surface area contributed by atoms with Gasteiger partial charge in [0.25, 0.3) is 5.91 Å². The molecule has 0 fully saturated rings. The maximum atomic E-state index is 12.4. The van der Waals surface area contributed by atoms with E-state index < -0.39 is 0 Å². The van der Waals surface area contributed by atoms with E-state index in [0.717, 1.165) is 17.0 Å². The third-order valence-corrected chi connectivity index (χ3v) is 3.98. The Balaban J connectivity index is 1.66. The summed E-state index contributed by atoms with van der Waals surface area (Å²) >= 11 is 0. The molecule has 138 valence electrons. The van der Waals surface area contributed by atoms with Crippen molar-refractivity contribution in [2.45, 2.75) is 19.9 Å². The lowest BCUT2D eigenvalue weighted by Gasteiger charge is -2.14. The molecule has 0 radical (unpaired) electrons. The Hall–Kier alpha value is -3.41. The molecule has 2 aromatic carbocycles. The predicted molar refractivity (Wildman–Crippen MR) is 105 cm³/mol. The van der Waals surface area contributed by atoms with Crippen molar-refractivity contribution in [2.75, 3.05) is 11.9 Å². The van der Waals surface area contributed by atoms with Crippen LogP contribution in [0.3, 0.4) is 0 Å². The smallest absolute Gasteiger partial charge is 0.271 e. The lowest BCUT2D eigenvalue weighted by molar-refractivity contribution is 0.0934. The molecule has 1 aromatic heterocycles. The topological polar surface area (TPSA) is 76.1 Å². The van der Waals surface area contributed by atoms with Gasteiger partial charge < -0.3 is 15.4 Å². The number of hydrogen-bond donors (Lipinski definition) is 2. The number of anilines is 2. The molecule has 1 amide bonds.